The van der Waals surface area contributed by atoms with E-state index in [1.54, 1.807) is 24.3 Å². The summed E-state index contributed by atoms with van der Waals surface area (Å²) in [7, 11) is -1.72. The van der Waals surface area contributed by atoms with Crippen LogP contribution in [0, 0.1) is 5.92 Å². The zero-order valence-electron chi connectivity index (χ0n) is 14.5. The number of carbonyl (C=O) groups is 1. The van der Waals surface area contributed by atoms with E-state index in [1.807, 2.05) is 0 Å². The van der Waals surface area contributed by atoms with E-state index in [2.05, 4.69) is 40.8 Å². The minimum atomic E-state index is -1.72. The monoisotopic (exact) mass is 324 g/mol. The van der Waals surface area contributed by atoms with E-state index in [0.717, 1.165) is 0 Å². The maximum absolute atomic E-state index is 10.8. The second-order valence-corrected chi connectivity index (χ2v) is 12.1. The van der Waals surface area contributed by atoms with Gasteiger partial charge in [-0.15, -0.1) is 0 Å². The molecule has 0 fully saturated rings. The smallest absolute Gasteiger partial charge is 0.335 e. The van der Waals surface area contributed by atoms with Crippen molar-refractivity contribution >= 4 is 14.3 Å². The molecule has 0 saturated heterocycles. The van der Waals surface area contributed by atoms with Crippen molar-refractivity contribution in [1.29, 1.82) is 0 Å². The molecule has 4 nitrogen and oxygen atoms in total. The number of aromatic carboxylic acids is 1. The molecule has 0 aliphatic rings. The van der Waals surface area contributed by atoms with Gasteiger partial charge in [-0.3, -0.25) is 0 Å². The van der Waals surface area contributed by atoms with Crippen LogP contribution >= 0.6 is 0 Å². The van der Waals surface area contributed by atoms with Gasteiger partial charge in [-0.05, 0) is 42.4 Å². The summed E-state index contributed by atoms with van der Waals surface area (Å²) in [5, 5.41) is 9.06. The lowest BCUT2D eigenvalue weighted by Crippen LogP contribution is -2.42. The average Bonchev–Trinajstić information content (AvgIpc) is 2.42. The molecule has 1 N–H and O–H groups in total. The highest BCUT2D eigenvalue weighted by molar-refractivity contribution is 6.74. The lowest BCUT2D eigenvalue weighted by molar-refractivity contribution is 0.0697. The van der Waals surface area contributed by atoms with Crippen molar-refractivity contribution in [3.63, 3.8) is 0 Å². The van der Waals surface area contributed by atoms with Crippen LogP contribution in [0.15, 0.2) is 24.3 Å². The second kappa shape index (κ2) is 7.29. The van der Waals surface area contributed by atoms with Gasteiger partial charge in [-0.1, -0.05) is 27.7 Å². The third kappa shape index (κ3) is 5.46. The summed E-state index contributed by atoms with van der Waals surface area (Å²) >= 11 is 0. The van der Waals surface area contributed by atoms with Crippen LogP contribution in [0.25, 0.3) is 0 Å². The molecule has 0 bridgehead atoms. The highest BCUT2D eigenvalue weighted by Crippen LogP contribution is 2.36. The molecule has 0 heterocycles. The van der Waals surface area contributed by atoms with Crippen molar-refractivity contribution in [1.82, 2.24) is 0 Å². The van der Waals surface area contributed by atoms with Gasteiger partial charge in [0.2, 0.25) is 0 Å². The Hall–Kier alpha value is -1.33. The molecular weight excluding hydrogens is 296 g/mol. The predicted octanol–water partition coefficient (Wildman–Crippen LogP) is 4.42. The van der Waals surface area contributed by atoms with E-state index < -0.39 is 14.3 Å². The van der Waals surface area contributed by atoms with Gasteiger partial charge in [0.05, 0.1) is 12.2 Å². The largest absolute Gasteiger partial charge is 0.493 e. The number of carboxylic acid groups (broad SMARTS) is 1. The van der Waals surface area contributed by atoms with Crippen molar-refractivity contribution in [2.45, 2.75) is 45.8 Å². The molecule has 0 aliphatic carbocycles. The Morgan fingerprint density at radius 1 is 1.18 bits per heavy atom. The summed E-state index contributed by atoms with van der Waals surface area (Å²) < 4.78 is 11.9. The zero-order valence-corrected chi connectivity index (χ0v) is 15.5. The Morgan fingerprint density at radius 2 is 1.73 bits per heavy atom. The number of ether oxygens (including phenoxy) is 1. The fraction of sp³-hybridized carbons (Fsp3) is 0.588. The number of benzene rings is 1. The van der Waals surface area contributed by atoms with E-state index in [-0.39, 0.29) is 16.5 Å². The molecular formula is C17H28O4Si. The molecule has 1 aromatic carbocycles. The first-order valence-corrected chi connectivity index (χ1v) is 10.5. The lowest BCUT2D eigenvalue weighted by atomic mass is 10.2. The third-order valence-corrected chi connectivity index (χ3v) is 8.67. The van der Waals surface area contributed by atoms with Gasteiger partial charge in [0, 0.05) is 12.5 Å². The molecule has 0 radical (unpaired) electrons. The van der Waals surface area contributed by atoms with Gasteiger partial charge in [0.25, 0.3) is 0 Å². The number of carboxylic acids is 1. The summed E-state index contributed by atoms with van der Waals surface area (Å²) in [6, 6.07) is 6.47. The maximum Gasteiger partial charge on any atom is 0.335 e. The number of hydrogen-bond acceptors (Lipinski definition) is 3. The van der Waals surface area contributed by atoms with Gasteiger partial charge < -0.3 is 14.3 Å². The maximum atomic E-state index is 10.8. The third-order valence-electron chi connectivity index (χ3n) is 4.17. The first-order valence-electron chi connectivity index (χ1n) is 7.63. The SMILES string of the molecule is CC(COc1ccc(C(=O)O)cc1)CO[Si](C)(C)C(C)(C)C. The van der Waals surface area contributed by atoms with Crippen molar-refractivity contribution in [2.75, 3.05) is 13.2 Å². The molecule has 0 aromatic heterocycles. The molecule has 0 aliphatic heterocycles. The Morgan fingerprint density at radius 3 is 2.18 bits per heavy atom. The van der Waals surface area contributed by atoms with Gasteiger partial charge in [0.1, 0.15) is 5.75 Å². The first-order chi connectivity index (χ1) is 10.0. The molecule has 1 atom stereocenters. The highest BCUT2D eigenvalue weighted by Gasteiger charge is 2.37. The van der Waals surface area contributed by atoms with E-state index >= 15 is 0 Å². The molecule has 0 saturated carbocycles. The van der Waals surface area contributed by atoms with Crippen LogP contribution in [0.1, 0.15) is 38.1 Å². The predicted molar refractivity (Wildman–Crippen MR) is 91.2 cm³/mol. The zero-order chi connectivity index (χ0) is 17.0. The van der Waals surface area contributed by atoms with Crippen LogP contribution in [0.5, 0.6) is 5.75 Å². The van der Waals surface area contributed by atoms with Crippen LogP contribution in [0.2, 0.25) is 18.1 Å². The minimum Gasteiger partial charge on any atom is -0.493 e. The number of rotatable bonds is 7. The molecule has 22 heavy (non-hydrogen) atoms. The van der Waals surface area contributed by atoms with Crippen LogP contribution < -0.4 is 4.74 Å². The fourth-order valence-electron chi connectivity index (χ4n) is 1.55. The summed E-state index contributed by atoms with van der Waals surface area (Å²) in [4.78, 5) is 10.8. The Bertz CT molecular complexity index is 488. The number of hydrogen-bond donors (Lipinski definition) is 1. The summed E-state index contributed by atoms with van der Waals surface area (Å²) in [5.74, 6) is 0.0418. The van der Waals surface area contributed by atoms with Gasteiger partial charge in [-0.25, -0.2) is 4.79 Å². The van der Waals surface area contributed by atoms with Crippen molar-refractivity contribution in [2.24, 2.45) is 5.92 Å². The molecule has 1 rings (SSSR count). The normalized spacial score (nSPS) is 13.7. The highest BCUT2D eigenvalue weighted by atomic mass is 28.4. The molecule has 0 amide bonds. The van der Waals surface area contributed by atoms with Crippen molar-refractivity contribution in [3.8, 4) is 5.75 Å². The quantitative estimate of drug-likeness (QED) is 0.754. The molecule has 124 valence electrons. The molecule has 1 unspecified atom stereocenters. The Balaban J connectivity index is 2.43. The average molecular weight is 324 g/mol. The second-order valence-electron chi connectivity index (χ2n) is 7.32. The van der Waals surface area contributed by atoms with Crippen molar-refractivity contribution < 1.29 is 19.1 Å². The van der Waals surface area contributed by atoms with Crippen LogP contribution in [0.3, 0.4) is 0 Å². The fourth-order valence-corrected chi connectivity index (χ4v) is 2.68. The van der Waals surface area contributed by atoms with E-state index in [1.165, 1.54) is 0 Å². The standard InChI is InChI=1S/C17H28O4Si/c1-13(12-21-22(5,6)17(2,3)4)11-20-15-9-7-14(8-10-15)16(18)19/h7-10,13H,11-12H2,1-6H3,(H,18,19). The van der Waals surface area contributed by atoms with Crippen molar-refractivity contribution in [3.05, 3.63) is 29.8 Å². The first kappa shape index (κ1) is 18.7. The molecule has 1 aromatic rings. The van der Waals surface area contributed by atoms with Gasteiger partial charge >= 0.3 is 5.97 Å². The summed E-state index contributed by atoms with van der Waals surface area (Å²) in [6.07, 6.45) is 0. The topological polar surface area (TPSA) is 55.8 Å². The Labute approximate surface area is 134 Å². The van der Waals surface area contributed by atoms with Crippen LogP contribution in [0.4, 0.5) is 0 Å². The molecule has 5 heteroatoms. The molecule has 0 spiro atoms. The summed E-state index contributed by atoms with van der Waals surface area (Å²) in [6.45, 7) is 14.5. The lowest BCUT2D eigenvalue weighted by Gasteiger charge is -2.37. The minimum absolute atomic E-state index is 0.209. The van der Waals surface area contributed by atoms with Crippen LogP contribution in [-0.4, -0.2) is 32.6 Å². The van der Waals surface area contributed by atoms with Crippen LogP contribution in [-0.2, 0) is 4.43 Å². The van der Waals surface area contributed by atoms with Gasteiger partial charge in [0.15, 0.2) is 8.32 Å². The van der Waals surface area contributed by atoms with E-state index in [0.29, 0.717) is 19.0 Å². The van der Waals surface area contributed by atoms with E-state index in [9.17, 15) is 4.79 Å². The van der Waals surface area contributed by atoms with Gasteiger partial charge in [-0.2, -0.15) is 0 Å². The Kier molecular flexibility index (Phi) is 6.20. The van der Waals surface area contributed by atoms with E-state index in [4.69, 9.17) is 14.3 Å². The summed E-state index contributed by atoms with van der Waals surface area (Å²) in [5.41, 5.74) is 0.265.